The van der Waals surface area contributed by atoms with Crippen LogP contribution in [0.1, 0.15) is 38.4 Å². The molecular weight excluding hydrogens is 227 g/mol. The van der Waals surface area contributed by atoms with Crippen LogP contribution in [-0.2, 0) is 11.6 Å². The first-order valence-electron chi connectivity index (χ1n) is 5.53. The summed E-state index contributed by atoms with van der Waals surface area (Å²) < 4.78 is 14.8. The number of hydrogen-bond donors (Lipinski definition) is 2. The lowest BCUT2D eigenvalue weighted by atomic mass is 10.2. The lowest BCUT2D eigenvalue weighted by Crippen LogP contribution is -2.24. The van der Waals surface area contributed by atoms with E-state index < -0.39 is 13.4 Å². The van der Waals surface area contributed by atoms with Gasteiger partial charge in [-0.25, -0.2) is 9.13 Å². The van der Waals surface area contributed by atoms with Crippen LogP contribution in [0, 0.1) is 0 Å². The van der Waals surface area contributed by atoms with E-state index in [0.717, 1.165) is 19.3 Å². The normalized spacial score (nSPS) is 14.0. The molecule has 5 nitrogen and oxygen atoms in total. The van der Waals surface area contributed by atoms with Crippen molar-refractivity contribution in [3.05, 3.63) is 18.7 Å². The van der Waals surface area contributed by atoms with Crippen LogP contribution in [0.25, 0.3) is 0 Å². The van der Waals surface area contributed by atoms with Gasteiger partial charge in [-0.3, -0.25) is 4.57 Å². The summed E-state index contributed by atoms with van der Waals surface area (Å²) in [6.45, 7) is 2.07. The van der Waals surface area contributed by atoms with Gasteiger partial charge in [-0.2, -0.15) is 0 Å². The monoisotopic (exact) mass is 247 g/mol. The second-order valence-corrected chi connectivity index (χ2v) is 5.87. The van der Waals surface area contributed by atoms with Gasteiger partial charge in [0.1, 0.15) is 12.4 Å². The second-order valence-electron chi connectivity index (χ2n) is 4.09. The van der Waals surface area contributed by atoms with Gasteiger partial charge >= 0.3 is 7.60 Å². The highest BCUT2D eigenvalue weighted by atomic mass is 31.2. The average molecular weight is 247 g/mol. The van der Waals surface area contributed by atoms with E-state index in [-0.39, 0.29) is 0 Å². The fraction of sp³-hybridized carbons (Fsp3) is 0.700. The maximum atomic E-state index is 11.4. The molecule has 0 aliphatic rings. The molecule has 0 radical (unpaired) electrons. The van der Waals surface area contributed by atoms with Gasteiger partial charge in [-0.05, 0) is 12.8 Å². The zero-order valence-corrected chi connectivity index (χ0v) is 10.7. The highest BCUT2D eigenvalue weighted by molar-refractivity contribution is 7.51. The van der Waals surface area contributed by atoms with Crippen LogP contribution in [0.5, 0.6) is 0 Å². The lowest BCUT2D eigenvalue weighted by Gasteiger charge is -2.14. The lowest BCUT2D eigenvalue weighted by molar-refractivity contribution is -0.671. The van der Waals surface area contributed by atoms with Crippen LogP contribution in [0.2, 0.25) is 0 Å². The highest BCUT2D eigenvalue weighted by Gasteiger charge is 2.33. The molecular formula is C10H20N2O3P+. The molecule has 1 aromatic heterocycles. The van der Waals surface area contributed by atoms with E-state index in [4.69, 9.17) is 0 Å². The van der Waals surface area contributed by atoms with Crippen molar-refractivity contribution in [2.75, 3.05) is 0 Å². The van der Waals surface area contributed by atoms with E-state index in [9.17, 15) is 14.4 Å². The third kappa shape index (κ3) is 3.74. The zero-order chi connectivity index (χ0) is 12.2. The van der Waals surface area contributed by atoms with Crippen molar-refractivity contribution in [1.29, 1.82) is 0 Å². The zero-order valence-electron chi connectivity index (χ0n) is 9.78. The van der Waals surface area contributed by atoms with E-state index in [1.165, 1.54) is 0 Å². The van der Waals surface area contributed by atoms with Crippen molar-refractivity contribution in [1.82, 2.24) is 4.57 Å². The first-order chi connectivity index (χ1) is 7.45. The summed E-state index contributed by atoms with van der Waals surface area (Å²) in [6.07, 6.45) is 8.60. The number of unbranched alkanes of at least 4 members (excludes halogenated alkanes) is 2. The summed E-state index contributed by atoms with van der Waals surface area (Å²) in [5.74, 6) is -0.722. The highest BCUT2D eigenvalue weighted by Crippen LogP contribution is 2.51. The Labute approximate surface area is 95.9 Å². The molecule has 0 aliphatic carbocycles. The number of aryl methyl sites for hydroxylation is 1. The number of nitrogens with zero attached hydrogens (tertiary/aromatic N) is 2. The first kappa shape index (κ1) is 13.4. The Kier molecular flexibility index (Phi) is 4.71. The minimum atomic E-state index is -4.07. The van der Waals surface area contributed by atoms with Crippen molar-refractivity contribution in [3.63, 3.8) is 0 Å². The molecule has 1 aromatic rings. The standard InChI is InChI=1S/C10H19N2O3P/c1-3-4-5-6-10(16(13,14)15)12-8-7-11(2)9-12/h7-10H,3-6H2,1-2H3,(H-,13,14,15)/p+1. The molecule has 0 spiro atoms. The Morgan fingerprint density at radius 3 is 2.56 bits per heavy atom. The number of imidazole rings is 1. The predicted octanol–water partition coefficient (Wildman–Crippen LogP) is 1.57. The molecule has 0 amide bonds. The Morgan fingerprint density at radius 1 is 1.44 bits per heavy atom. The molecule has 1 atom stereocenters. The molecule has 16 heavy (non-hydrogen) atoms. The summed E-state index contributed by atoms with van der Waals surface area (Å²) >= 11 is 0. The fourth-order valence-electron chi connectivity index (χ4n) is 1.71. The van der Waals surface area contributed by atoms with Crippen molar-refractivity contribution in [2.45, 2.75) is 38.4 Å². The largest absolute Gasteiger partial charge is 0.369 e. The molecule has 2 N–H and O–H groups in total. The van der Waals surface area contributed by atoms with Crippen molar-refractivity contribution < 1.29 is 18.9 Å². The van der Waals surface area contributed by atoms with Gasteiger partial charge in [-0.15, -0.1) is 0 Å². The van der Waals surface area contributed by atoms with Gasteiger partial charge in [0, 0.05) is 0 Å². The quantitative estimate of drug-likeness (QED) is 0.455. The van der Waals surface area contributed by atoms with Gasteiger partial charge in [0.05, 0.1) is 7.05 Å². The molecule has 1 unspecified atom stereocenters. The summed E-state index contributed by atoms with van der Waals surface area (Å²) in [6, 6.07) is 0. The molecule has 1 heterocycles. The van der Waals surface area contributed by atoms with Crippen molar-refractivity contribution in [3.8, 4) is 0 Å². The molecule has 0 saturated heterocycles. The minimum Gasteiger partial charge on any atom is -0.321 e. The van der Waals surface area contributed by atoms with E-state index in [0.29, 0.717) is 6.42 Å². The number of aromatic nitrogens is 2. The van der Waals surface area contributed by atoms with E-state index in [1.54, 1.807) is 27.9 Å². The van der Waals surface area contributed by atoms with Gasteiger partial charge in [0.15, 0.2) is 0 Å². The Hall–Kier alpha value is -0.640. The van der Waals surface area contributed by atoms with Crippen LogP contribution >= 0.6 is 7.60 Å². The summed E-state index contributed by atoms with van der Waals surface area (Å²) in [5, 5.41) is 0. The van der Waals surface area contributed by atoms with Crippen molar-refractivity contribution in [2.24, 2.45) is 7.05 Å². The van der Waals surface area contributed by atoms with Crippen LogP contribution in [0.15, 0.2) is 18.7 Å². The Bertz CT molecular complexity index is 372. The third-order valence-corrected chi connectivity index (χ3v) is 3.89. The number of hydrogen-bond acceptors (Lipinski definition) is 1. The maximum absolute atomic E-state index is 11.4. The predicted molar refractivity (Wildman–Crippen MR) is 60.8 cm³/mol. The van der Waals surface area contributed by atoms with Gasteiger partial charge in [-0.1, -0.05) is 19.8 Å². The van der Waals surface area contributed by atoms with E-state index in [2.05, 4.69) is 6.92 Å². The topological polar surface area (TPSA) is 66.3 Å². The van der Waals surface area contributed by atoms with Crippen LogP contribution < -0.4 is 4.57 Å². The molecule has 0 saturated carbocycles. The first-order valence-corrected chi connectivity index (χ1v) is 7.21. The summed E-state index contributed by atoms with van der Waals surface area (Å²) in [5.41, 5.74) is 0. The number of rotatable bonds is 6. The molecule has 0 aliphatic heterocycles. The van der Waals surface area contributed by atoms with Crippen LogP contribution in [-0.4, -0.2) is 14.4 Å². The Balaban J connectivity index is 2.76. The van der Waals surface area contributed by atoms with Crippen molar-refractivity contribution >= 4 is 7.60 Å². The SMILES string of the molecule is CCCCCC(n1cc[n+](C)c1)P(=O)(O)O. The fourth-order valence-corrected chi connectivity index (χ4v) is 2.72. The average Bonchev–Trinajstić information content (AvgIpc) is 2.57. The van der Waals surface area contributed by atoms with Gasteiger partial charge < -0.3 is 9.79 Å². The summed E-state index contributed by atoms with van der Waals surface area (Å²) in [7, 11) is -2.24. The molecule has 0 aromatic carbocycles. The van der Waals surface area contributed by atoms with Gasteiger partial charge in [0.25, 0.3) is 0 Å². The van der Waals surface area contributed by atoms with Gasteiger partial charge in [0.2, 0.25) is 12.1 Å². The smallest absolute Gasteiger partial charge is 0.321 e. The Morgan fingerprint density at radius 2 is 2.12 bits per heavy atom. The molecule has 0 bridgehead atoms. The minimum absolute atomic E-state index is 0.521. The third-order valence-electron chi connectivity index (χ3n) is 2.59. The second kappa shape index (κ2) is 5.62. The summed E-state index contributed by atoms with van der Waals surface area (Å²) in [4.78, 5) is 18.6. The van der Waals surface area contributed by atoms with E-state index >= 15 is 0 Å². The van der Waals surface area contributed by atoms with Crippen LogP contribution in [0.3, 0.4) is 0 Å². The maximum Gasteiger partial charge on any atom is 0.369 e. The molecule has 0 fully saturated rings. The molecule has 6 heteroatoms. The van der Waals surface area contributed by atoms with Crippen LogP contribution in [0.4, 0.5) is 0 Å². The molecule has 92 valence electrons. The molecule has 1 rings (SSSR count). The van der Waals surface area contributed by atoms with E-state index in [1.807, 2.05) is 7.05 Å².